The lowest BCUT2D eigenvalue weighted by Gasteiger charge is -2.35. The molecule has 2 heterocycles. The number of benzene rings is 1. The number of hydrogen-bond acceptors (Lipinski definition) is 6. The molecule has 1 fully saturated rings. The van der Waals surface area contributed by atoms with Crippen LogP contribution in [0.15, 0.2) is 30.3 Å². The number of nitrogens with one attached hydrogen (secondary N) is 2. The van der Waals surface area contributed by atoms with Gasteiger partial charge in [-0.25, -0.2) is 4.79 Å². The molecular weight excluding hydrogens is 418 g/mol. The number of nitrogens with two attached hydrogens (primary N) is 1. The minimum atomic E-state index is -0.450. The van der Waals surface area contributed by atoms with Gasteiger partial charge >= 0.3 is 6.09 Å². The first-order valence-corrected chi connectivity index (χ1v) is 11.9. The first-order valence-electron chi connectivity index (χ1n) is 11.9. The van der Waals surface area contributed by atoms with Gasteiger partial charge in [0.05, 0.1) is 11.4 Å². The lowest BCUT2D eigenvalue weighted by molar-refractivity contribution is 0.0527. The van der Waals surface area contributed by atoms with Crippen molar-refractivity contribution in [2.75, 3.05) is 49.9 Å². The minimum Gasteiger partial charge on any atom is -0.507 e. The van der Waals surface area contributed by atoms with Crippen molar-refractivity contribution in [2.45, 2.75) is 52.1 Å². The molecule has 1 aromatic heterocycles. The summed E-state index contributed by atoms with van der Waals surface area (Å²) in [6.07, 6.45) is 4.06. The third kappa shape index (κ3) is 7.60. The molecule has 33 heavy (non-hydrogen) atoms. The van der Waals surface area contributed by atoms with Gasteiger partial charge in [0.2, 0.25) is 0 Å². The monoisotopic (exact) mass is 457 g/mol. The average molecular weight is 458 g/mol. The quantitative estimate of drug-likeness (QED) is 0.421. The number of rotatable bonds is 9. The summed E-state index contributed by atoms with van der Waals surface area (Å²) in [5, 5.41) is 12.9. The highest BCUT2D eigenvalue weighted by Crippen LogP contribution is 2.34. The molecule has 1 amide bonds. The minimum absolute atomic E-state index is 0.246. The number of carbonyl (C=O) groups excluding carboxylic acids is 1. The number of phenols is 1. The third-order valence-corrected chi connectivity index (χ3v) is 5.80. The van der Waals surface area contributed by atoms with E-state index in [0.717, 1.165) is 75.4 Å². The van der Waals surface area contributed by atoms with Gasteiger partial charge in [0.1, 0.15) is 17.2 Å². The Labute approximate surface area is 197 Å². The van der Waals surface area contributed by atoms with E-state index in [9.17, 15) is 9.90 Å². The molecule has 0 bridgehead atoms. The maximum atomic E-state index is 11.6. The van der Waals surface area contributed by atoms with E-state index in [-0.39, 0.29) is 11.8 Å². The summed E-state index contributed by atoms with van der Waals surface area (Å²) in [5.41, 5.74) is 8.41. The number of nitrogen functional groups attached to an aromatic ring is 1. The molecule has 2 aromatic rings. The first-order chi connectivity index (χ1) is 15.7. The third-order valence-electron chi connectivity index (χ3n) is 5.80. The molecule has 0 unspecified atom stereocenters. The van der Waals surface area contributed by atoms with Crippen molar-refractivity contribution in [1.82, 2.24) is 15.2 Å². The molecule has 0 atom stereocenters. The van der Waals surface area contributed by atoms with Crippen LogP contribution in [0, 0.1) is 0 Å². The molecule has 1 aliphatic rings. The van der Waals surface area contributed by atoms with Crippen LogP contribution < -0.4 is 16.0 Å². The van der Waals surface area contributed by atoms with Crippen LogP contribution in [0.3, 0.4) is 0 Å². The van der Waals surface area contributed by atoms with Crippen molar-refractivity contribution < 1.29 is 14.6 Å². The Kier molecular flexibility index (Phi) is 8.49. The number of aromatic nitrogens is 1. The molecule has 182 valence electrons. The first kappa shape index (κ1) is 24.8. The smallest absolute Gasteiger partial charge is 0.407 e. The van der Waals surface area contributed by atoms with Crippen molar-refractivity contribution in [3.63, 3.8) is 0 Å². The van der Waals surface area contributed by atoms with Crippen LogP contribution in [0.5, 0.6) is 5.75 Å². The molecule has 3 rings (SSSR count). The van der Waals surface area contributed by atoms with Crippen molar-refractivity contribution in [1.29, 1.82) is 0 Å². The maximum absolute atomic E-state index is 11.6. The van der Waals surface area contributed by atoms with Crippen molar-refractivity contribution in [3.05, 3.63) is 30.3 Å². The van der Waals surface area contributed by atoms with E-state index in [0.29, 0.717) is 12.4 Å². The Balaban J connectivity index is 1.32. The lowest BCUT2D eigenvalue weighted by Crippen LogP contribution is -2.46. The Bertz CT molecular complexity index is 898. The average Bonchev–Trinajstić information content (AvgIpc) is 3.14. The van der Waals surface area contributed by atoms with E-state index in [1.165, 1.54) is 0 Å². The van der Waals surface area contributed by atoms with Gasteiger partial charge < -0.3 is 30.8 Å². The van der Waals surface area contributed by atoms with E-state index < -0.39 is 5.60 Å². The summed E-state index contributed by atoms with van der Waals surface area (Å²) < 4.78 is 5.24. The topological polar surface area (TPSA) is 107 Å². The molecule has 5 N–H and O–H groups in total. The summed E-state index contributed by atoms with van der Waals surface area (Å²) in [5.74, 6) is 0.887. The number of aromatic amines is 1. The Hall–Kier alpha value is -2.87. The standard InChI is InChI=1S/C25H39N5O3/c1-25(2,3)33-24(32)27-12-8-4-5-9-13-29-14-16-30(17-15-29)21-18-20(28-23(21)26)19-10-6-7-11-22(19)31/h6-7,10-11,18,28,31H,4-5,8-9,12-17,26H2,1-3H3,(H,27,32). The zero-order valence-electron chi connectivity index (χ0n) is 20.2. The number of ether oxygens (including phenoxy) is 1. The van der Waals surface area contributed by atoms with Crippen LogP contribution >= 0.6 is 0 Å². The number of H-pyrrole nitrogens is 1. The van der Waals surface area contributed by atoms with Crippen LogP contribution in [0.25, 0.3) is 11.3 Å². The maximum Gasteiger partial charge on any atom is 0.407 e. The summed E-state index contributed by atoms with van der Waals surface area (Å²) in [4.78, 5) is 19.7. The van der Waals surface area contributed by atoms with Crippen LogP contribution in [-0.4, -0.2) is 66.0 Å². The molecule has 8 nitrogen and oxygen atoms in total. The van der Waals surface area contributed by atoms with Gasteiger partial charge in [0.25, 0.3) is 0 Å². The van der Waals surface area contributed by atoms with Gasteiger partial charge in [-0.05, 0) is 58.4 Å². The number of alkyl carbamates (subject to hydrolysis) is 1. The molecule has 0 saturated carbocycles. The van der Waals surface area contributed by atoms with E-state index in [4.69, 9.17) is 10.5 Å². The van der Waals surface area contributed by atoms with Gasteiger partial charge in [-0.15, -0.1) is 0 Å². The van der Waals surface area contributed by atoms with E-state index >= 15 is 0 Å². The van der Waals surface area contributed by atoms with Gasteiger partial charge in [-0.1, -0.05) is 25.0 Å². The number of hydrogen-bond donors (Lipinski definition) is 4. The SMILES string of the molecule is CC(C)(C)OC(=O)NCCCCCCN1CCN(c2cc(-c3ccccc3O)[nH]c2N)CC1. The van der Waals surface area contributed by atoms with Gasteiger partial charge in [-0.2, -0.15) is 0 Å². The summed E-state index contributed by atoms with van der Waals surface area (Å²) in [6.45, 7) is 11.2. The van der Waals surface area contributed by atoms with E-state index in [1.54, 1.807) is 6.07 Å². The largest absolute Gasteiger partial charge is 0.507 e. The highest BCUT2D eigenvalue weighted by molar-refractivity contribution is 5.78. The van der Waals surface area contributed by atoms with Crippen LogP contribution in [0.2, 0.25) is 0 Å². The van der Waals surface area contributed by atoms with Crippen molar-refractivity contribution in [3.8, 4) is 17.0 Å². The normalized spacial score (nSPS) is 14.9. The molecule has 8 heteroatoms. The van der Waals surface area contributed by atoms with Crippen molar-refractivity contribution in [2.24, 2.45) is 0 Å². The van der Waals surface area contributed by atoms with Crippen LogP contribution in [-0.2, 0) is 4.74 Å². The predicted molar refractivity (Wildman–Crippen MR) is 134 cm³/mol. The molecule has 0 aliphatic carbocycles. The fourth-order valence-corrected chi connectivity index (χ4v) is 4.10. The highest BCUT2D eigenvalue weighted by atomic mass is 16.6. The number of unbranched alkanes of at least 4 members (excludes halogenated alkanes) is 3. The van der Waals surface area contributed by atoms with Crippen LogP contribution in [0.4, 0.5) is 16.3 Å². The summed E-state index contributed by atoms with van der Waals surface area (Å²) in [6, 6.07) is 9.32. The number of carbonyl (C=O) groups is 1. The number of aromatic hydroxyl groups is 1. The predicted octanol–water partition coefficient (Wildman–Crippen LogP) is 4.18. The Morgan fingerprint density at radius 2 is 1.82 bits per heavy atom. The number of nitrogens with zero attached hydrogens (tertiary/aromatic N) is 2. The van der Waals surface area contributed by atoms with Crippen LogP contribution in [0.1, 0.15) is 46.5 Å². The van der Waals surface area contributed by atoms with E-state index in [2.05, 4.69) is 20.1 Å². The second-order valence-corrected chi connectivity index (χ2v) is 9.67. The fraction of sp³-hybridized carbons (Fsp3) is 0.560. The zero-order valence-corrected chi connectivity index (χ0v) is 20.2. The number of amides is 1. The second-order valence-electron chi connectivity index (χ2n) is 9.67. The highest BCUT2D eigenvalue weighted by Gasteiger charge is 2.21. The zero-order chi connectivity index (χ0) is 23.8. The summed E-state index contributed by atoms with van der Waals surface area (Å²) in [7, 11) is 0. The Morgan fingerprint density at radius 1 is 1.12 bits per heavy atom. The number of piperazine rings is 1. The van der Waals surface area contributed by atoms with Gasteiger partial charge in [-0.3, -0.25) is 4.90 Å². The number of anilines is 2. The molecule has 0 spiro atoms. The summed E-state index contributed by atoms with van der Waals surface area (Å²) >= 11 is 0. The van der Waals surface area contributed by atoms with E-state index in [1.807, 2.05) is 45.0 Å². The Morgan fingerprint density at radius 3 is 2.52 bits per heavy atom. The number of para-hydroxylation sites is 1. The number of phenolic OH excluding ortho intramolecular Hbond substituents is 1. The fourth-order valence-electron chi connectivity index (χ4n) is 4.10. The second kappa shape index (κ2) is 11.3. The lowest BCUT2D eigenvalue weighted by atomic mass is 10.1. The molecule has 1 saturated heterocycles. The molecule has 0 radical (unpaired) electrons. The molecular formula is C25H39N5O3. The van der Waals surface area contributed by atoms with Gasteiger partial charge in [0.15, 0.2) is 0 Å². The molecule has 1 aromatic carbocycles. The van der Waals surface area contributed by atoms with Crippen molar-refractivity contribution >= 4 is 17.6 Å². The molecule has 1 aliphatic heterocycles. The van der Waals surface area contributed by atoms with Gasteiger partial charge in [0, 0.05) is 38.3 Å².